The Labute approximate surface area is 123 Å². The SMILES string of the molecule is CCCCCSC(C)C(=O)c1ccc(Cl)cc1Cl. The van der Waals surface area contributed by atoms with Crippen molar-refractivity contribution in [2.24, 2.45) is 0 Å². The Morgan fingerprint density at radius 1 is 1.33 bits per heavy atom. The Morgan fingerprint density at radius 2 is 2.06 bits per heavy atom. The molecule has 0 saturated carbocycles. The molecule has 0 aliphatic rings. The zero-order valence-electron chi connectivity index (χ0n) is 10.7. The number of hydrogen-bond donors (Lipinski definition) is 0. The molecule has 0 N–H and O–H groups in total. The van der Waals surface area contributed by atoms with Crippen LogP contribution >= 0.6 is 35.0 Å². The molecule has 0 radical (unpaired) electrons. The zero-order chi connectivity index (χ0) is 13.5. The molecular weight excluding hydrogens is 287 g/mol. The molecule has 4 heteroatoms. The van der Waals surface area contributed by atoms with Crippen LogP contribution in [0.15, 0.2) is 18.2 Å². The quantitative estimate of drug-likeness (QED) is 0.489. The van der Waals surface area contributed by atoms with E-state index in [1.807, 2.05) is 6.92 Å². The topological polar surface area (TPSA) is 17.1 Å². The maximum atomic E-state index is 12.2. The summed E-state index contributed by atoms with van der Waals surface area (Å²) < 4.78 is 0. The van der Waals surface area contributed by atoms with Crippen LogP contribution in [0.5, 0.6) is 0 Å². The summed E-state index contributed by atoms with van der Waals surface area (Å²) in [5.74, 6) is 1.10. The minimum Gasteiger partial charge on any atom is -0.293 e. The number of thioether (sulfide) groups is 1. The molecule has 1 rings (SSSR count). The van der Waals surface area contributed by atoms with Crippen LogP contribution in [0, 0.1) is 0 Å². The Kier molecular flexibility index (Phi) is 7.13. The first-order valence-electron chi connectivity index (χ1n) is 6.17. The van der Waals surface area contributed by atoms with E-state index in [0.717, 1.165) is 12.2 Å². The summed E-state index contributed by atoms with van der Waals surface area (Å²) >= 11 is 13.5. The number of carbonyl (C=O) groups is 1. The van der Waals surface area contributed by atoms with Crippen molar-refractivity contribution in [1.29, 1.82) is 0 Å². The molecular formula is C14H18Cl2OS. The Morgan fingerprint density at radius 3 is 2.67 bits per heavy atom. The van der Waals surface area contributed by atoms with Crippen molar-refractivity contribution in [1.82, 2.24) is 0 Å². The molecule has 100 valence electrons. The first kappa shape index (κ1) is 15.9. The number of unbranched alkanes of at least 4 members (excludes halogenated alkanes) is 2. The largest absolute Gasteiger partial charge is 0.293 e. The van der Waals surface area contributed by atoms with Gasteiger partial charge in [0.1, 0.15) is 0 Å². The summed E-state index contributed by atoms with van der Waals surface area (Å²) in [6, 6.07) is 5.02. The molecule has 0 bridgehead atoms. The minimum atomic E-state index is -0.0551. The summed E-state index contributed by atoms with van der Waals surface area (Å²) in [4.78, 5) is 12.2. The fraction of sp³-hybridized carbons (Fsp3) is 0.500. The number of ketones is 1. The van der Waals surface area contributed by atoms with Crippen LogP contribution in [-0.4, -0.2) is 16.8 Å². The summed E-state index contributed by atoms with van der Waals surface area (Å²) in [6.45, 7) is 4.11. The smallest absolute Gasteiger partial charge is 0.177 e. The van der Waals surface area contributed by atoms with E-state index >= 15 is 0 Å². The Hall–Kier alpha value is -0.180. The highest BCUT2D eigenvalue weighted by atomic mass is 35.5. The van der Waals surface area contributed by atoms with Gasteiger partial charge in [0, 0.05) is 10.6 Å². The molecule has 1 aromatic rings. The second kappa shape index (κ2) is 8.08. The molecule has 0 saturated heterocycles. The average Bonchev–Trinajstić information content (AvgIpc) is 2.33. The van der Waals surface area contributed by atoms with Crippen molar-refractivity contribution >= 4 is 40.7 Å². The third kappa shape index (κ3) is 4.83. The fourth-order valence-corrected chi connectivity index (χ4v) is 3.10. The van der Waals surface area contributed by atoms with Crippen molar-refractivity contribution in [2.75, 3.05) is 5.75 Å². The summed E-state index contributed by atoms with van der Waals surface area (Å²) in [5, 5.41) is 0.939. The predicted molar refractivity (Wildman–Crippen MR) is 82.2 cm³/mol. The van der Waals surface area contributed by atoms with Gasteiger partial charge < -0.3 is 0 Å². The molecule has 1 aromatic carbocycles. The number of benzene rings is 1. The van der Waals surface area contributed by atoms with Gasteiger partial charge >= 0.3 is 0 Å². The van der Waals surface area contributed by atoms with E-state index in [4.69, 9.17) is 23.2 Å². The van der Waals surface area contributed by atoms with Crippen LogP contribution in [-0.2, 0) is 0 Å². The Bertz CT molecular complexity index is 407. The average molecular weight is 305 g/mol. The van der Waals surface area contributed by atoms with Gasteiger partial charge in [-0.25, -0.2) is 0 Å². The molecule has 0 fully saturated rings. The van der Waals surface area contributed by atoms with Crippen LogP contribution in [0.25, 0.3) is 0 Å². The van der Waals surface area contributed by atoms with Crippen LogP contribution in [0.3, 0.4) is 0 Å². The van der Waals surface area contributed by atoms with Crippen molar-refractivity contribution < 1.29 is 4.79 Å². The molecule has 1 unspecified atom stereocenters. The lowest BCUT2D eigenvalue weighted by molar-refractivity contribution is 0.0994. The maximum absolute atomic E-state index is 12.2. The van der Waals surface area contributed by atoms with Gasteiger partial charge in [-0.3, -0.25) is 4.79 Å². The van der Waals surface area contributed by atoms with E-state index in [2.05, 4.69) is 6.92 Å². The summed E-state index contributed by atoms with van der Waals surface area (Å²) in [5.41, 5.74) is 0.566. The molecule has 18 heavy (non-hydrogen) atoms. The van der Waals surface area contributed by atoms with E-state index in [1.165, 1.54) is 12.8 Å². The highest BCUT2D eigenvalue weighted by molar-refractivity contribution is 8.00. The molecule has 0 aliphatic heterocycles. The first-order chi connectivity index (χ1) is 8.56. The summed E-state index contributed by atoms with van der Waals surface area (Å²) in [6.07, 6.45) is 3.58. The van der Waals surface area contributed by atoms with Crippen LogP contribution < -0.4 is 0 Å². The molecule has 0 amide bonds. The van der Waals surface area contributed by atoms with Crippen LogP contribution in [0.1, 0.15) is 43.5 Å². The third-order valence-corrected chi connectivity index (χ3v) is 4.47. The second-order valence-corrected chi connectivity index (χ2v) is 6.50. The van der Waals surface area contributed by atoms with Gasteiger partial charge in [-0.1, -0.05) is 43.0 Å². The molecule has 1 atom stereocenters. The Balaban J connectivity index is 2.57. The third-order valence-electron chi connectivity index (χ3n) is 2.68. The number of hydrogen-bond acceptors (Lipinski definition) is 2. The van der Waals surface area contributed by atoms with Gasteiger partial charge in [-0.2, -0.15) is 11.8 Å². The van der Waals surface area contributed by atoms with E-state index < -0.39 is 0 Å². The molecule has 1 nitrogen and oxygen atoms in total. The monoisotopic (exact) mass is 304 g/mol. The zero-order valence-corrected chi connectivity index (χ0v) is 13.0. The lowest BCUT2D eigenvalue weighted by atomic mass is 10.1. The molecule has 0 aliphatic carbocycles. The second-order valence-electron chi connectivity index (χ2n) is 4.21. The van der Waals surface area contributed by atoms with Crippen molar-refractivity contribution in [2.45, 2.75) is 38.4 Å². The van der Waals surface area contributed by atoms with Gasteiger partial charge in [0.25, 0.3) is 0 Å². The van der Waals surface area contributed by atoms with Gasteiger partial charge in [0.05, 0.1) is 10.3 Å². The first-order valence-corrected chi connectivity index (χ1v) is 7.97. The summed E-state index contributed by atoms with van der Waals surface area (Å²) in [7, 11) is 0. The van der Waals surface area contributed by atoms with E-state index in [9.17, 15) is 4.79 Å². The van der Waals surface area contributed by atoms with Crippen molar-refractivity contribution in [3.8, 4) is 0 Å². The van der Waals surface area contributed by atoms with Crippen molar-refractivity contribution in [3.63, 3.8) is 0 Å². The normalized spacial score (nSPS) is 12.4. The number of halogens is 2. The predicted octanol–water partition coefficient (Wildman–Crippen LogP) is 5.49. The standard InChI is InChI=1S/C14H18Cl2OS/c1-3-4-5-8-18-10(2)14(17)12-7-6-11(15)9-13(12)16/h6-7,9-10H,3-5,8H2,1-2H3. The van der Waals surface area contributed by atoms with E-state index in [0.29, 0.717) is 15.6 Å². The lowest BCUT2D eigenvalue weighted by Crippen LogP contribution is -2.14. The van der Waals surface area contributed by atoms with Crippen molar-refractivity contribution in [3.05, 3.63) is 33.8 Å². The van der Waals surface area contributed by atoms with Crippen LogP contribution in [0.2, 0.25) is 10.0 Å². The highest BCUT2D eigenvalue weighted by Crippen LogP contribution is 2.25. The fourth-order valence-electron chi connectivity index (χ4n) is 1.60. The van der Waals surface area contributed by atoms with Gasteiger partial charge in [-0.15, -0.1) is 0 Å². The number of Topliss-reactive ketones (excluding diaryl/α,β-unsaturated/α-hetero) is 1. The van der Waals surface area contributed by atoms with E-state index in [-0.39, 0.29) is 11.0 Å². The van der Waals surface area contributed by atoms with Gasteiger partial charge in [-0.05, 0) is 37.3 Å². The van der Waals surface area contributed by atoms with Crippen LogP contribution in [0.4, 0.5) is 0 Å². The minimum absolute atomic E-state index is 0.0551. The van der Waals surface area contributed by atoms with E-state index in [1.54, 1.807) is 30.0 Å². The van der Waals surface area contributed by atoms with Gasteiger partial charge in [0.2, 0.25) is 0 Å². The van der Waals surface area contributed by atoms with Gasteiger partial charge in [0.15, 0.2) is 5.78 Å². The lowest BCUT2D eigenvalue weighted by Gasteiger charge is -2.11. The maximum Gasteiger partial charge on any atom is 0.177 e. The highest BCUT2D eigenvalue weighted by Gasteiger charge is 2.18. The molecule has 0 spiro atoms. The number of carbonyl (C=O) groups excluding carboxylic acids is 1. The number of rotatable bonds is 7. The molecule has 0 heterocycles. The molecule has 0 aromatic heterocycles.